The molecule has 0 saturated heterocycles. The van der Waals surface area contributed by atoms with Crippen LogP contribution in [0.2, 0.25) is 0 Å². The first-order valence-electron chi connectivity index (χ1n) is 11.3. The van der Waals surface area contributed by atoms with Crippen LogP contribution in [0.1, 0.15) is 28.1 Å². The van der Waals surface area contributed by atoms with Crippen LogP contribution in [0, 0.1) is 33.1 Å². The molecule has 0 unspecified atom stereocenters. The largest absolute Gasteiger partial charge is 0.486 e. The maximum absolute atomic E-state index is 12.9. The molecular weight excluding hydrogens is 458 g/mol. The molecule has 3 aromatic rings. The zero-order chi connectivity index (χ0) is 24.7. The summed E-state index contributed by atoms with van der Waals surface area (Å²) < 4.78 is 8.03. The van der Waals surface area contributed by atoms with Crippen molar-refractivity contribution >= 4 is 39.8 Å². The minimum atomic E-state index is -0.440. The van der Waals surface area contributed by atoms with E-state index >= 15 is 0 Å². The maximum Gasteiger partial charge on any atom is 0.283 e. The summed E-state index contributed by atoms with van der Waals surface area (Å²) in [6.07, 6.45) is 1.74. The number of aryl methyl sites for hydroxylation is 3. The number of hydrazone groups is 1. The molecule has 0 aliphatic carbocycles. The molecule has 2 aliphatic rings. The molecule has 2 aliphatic heterocycles. The number of benzene rings is 2. The second-order valence-corrected chi connectivity index (χ2v) is 9.61. The Hall–Kier alpha value is -3.91. The Kier molecular flexibility index (Phi) is 5.90. The van der Waals surface area contributed by atoms with Crippen molar-refractivity contribution < 1.29 is 9.53 Å². The van der Waals surface area contributed by atoms with Crippen molar-refractivity contribution in [3.05, 3.63) is 88.2 Å². The van der Waals surface area contributed by atoms with E-state index in [9.17, 15) is 4.79 Å². The summed E-state index contributed by atoms with van der Waals surface area (Å²) in [5, 5.41) is 15.6. The molecule has 0 fully saturated rings. The van der Waals surface area contributed by atoms with Crippen molar-refractivity contribution in [2.24, 2.45) is 10.1 Å². The second-order valence-electron chi connectivity index (χ2n) is 8.57. The molecule has 0 atom stereocenters. The Morgan fingerprint density at radius 3 is 2.54 bits per heavy atom. The SMILES string of the molecule is Cc1ccc(-n2c(C)cc(C=C3C(=N)N4N=C(COc5ccccc5C)SC4=NC3=O)c2C)cc1. The Labute approximate surface area is 208 Å². The number of aliphatic imine (C=N–C) groups is 1. The van der Waals surface area contributed by atoms with Crippen LogP contribution in [0.15, 0.2) is 70.3 Å². The van der Waals surface area contributed by atoms with Gasteiger partial charge in [0.1, 0.15) is 17.4 Å². The molecule has 8 heteroatoms. The molecule has 35 heavy (non-hydrogen) atoms. The van der Waals surface area contributed by atoms with E-state index in [1.54, 1.807) is 6.08 Å². The quantitative estimate of drug-likeness (QED) is 0.492. The summed E-state index contributed by atoms with van der Waals surface area (Å²) in [6.45, 7) is 8.32. The minimum absolute atomic E-state index is 0.0125. The number of nitrogens with one attached hydrogen (secondary N) is 1. The highest BCUT2D eigenvalue weighted by Gasteiger charge is 2.36. The predicted molar refractivity (Wildman–Crippen MR) is 142 cm³/mol. The number of ether oxygens (including phenoxy) is 1. The Bertz CT molecular complexity index is 1450. The lowest BCUT2D eigenvalue weighted by Crippen LogP contribution is -2.35. The number of carbonyl (C=O) groups excluding carboxylic acids is 1. The fourth-order valence-electron chi connectivity index (χ4n) is 4.13. The summed E-state index contributed by atoms with van der Waals surface area (Å²) in [4.78, 5) is 17.1. The normalized spacial score (nSPS) is 16.5. The lowest BCUT2D eigenvalue weighted by Gasteiger charge is -2.20. The summed E-state index contributed by atoms with van der Waals surface area (Å²) in [5.74, 6) is 0.349. The number of fused-ring (bicyclic) bond motifs is 1. The Balaban J connectivity index is 1.40. The van der Waals surface area contributed by atoms with Gasteiger partial charge in [-0.3, -0.25) is 10.2 Å². The van der Waals surface area contributed by atoms with Crippen LogP contribution in [0.5, 0.6) is 5.75 Å². The molecule has 1 N–H and O–H groups in total. The number of nitrogens with zero attached hydrogens (tertiary/aromatic N) is 4. The van der Waals surface area contributed by atoms with Crippen LogP contribution in [-0.2, 0) is 4.79 Å². The molecule has 0 bridgehead atoms. The first kappa shape index (κ1) is 22.9. The van der Waals surface area contributed by atoms with Crippen molar-refractivity contribution in [3.8, 4) is 11.4 Å². The molecule has 2 aromatic carbocycles. The van der Waals surface area contributed by atoms with E-state index in [4.69, 9.17) is 10.1 Å². The van der Waals surface area contributed by atoms with Crippen molar-refractivity contribution in [2.75, 3.05) is 6.61 Å². The van der Waals surface area contributed by atoms with Crippen LogP contribution in [0.4, 0.5) is 0 Å². The van der Waals surface area contributed by atoms with Gasteiger partial charge in [-0.2, -0.15) is 15.1 Å². The van der Waals surface area contributed by atoms with E-state index in [-0.39, 0.29) is 18.0 Å². The zero-order valence-electron chi connectivity index (χ0n) is 20.0. The van der Waals surface area contributed by atoms with E-state index < -0.39 is 5.91 Å². The van der Waals surface area contributed by atoms with Crippen molar-refractivity contribution in [1.82, 2.24) is 9.58 Å². The Morgan fingerprint density at radius 2 is 1.80 bits per heavy atom. The van der Waals surface area contributed by atoms with Crippen molar-refractivity contribution in [3.63, 3.8) is 0 Å². The van der Waals surface area contributed by atoms with Crippen LogP contribution in [-0.4, -0.2) is 38.1 Å². The molecule has 1 amide bonds. The van der Waals surface area contributed by atoms with Gasteiger partial charge in [0.2, 0.25) is 5.17 Å². The molecule has 1 aromatic heterocycles. The molecule has 5 rings (SSSR count). The standard InChI is InChI=1S/C27H25N5O2S/c1-16-9-11-21(12-10-16)31-18(3)13-20(19(31)4)14-22-25(28)32-27(29-26(22)33)35-24(30-32)15-34-23-8-6-5-7-17(23)2/h5-14,28H,15H2,1-4H3. The maximum atomic E-state index is 12.9. The summed E-state index contributed by atoms with van der Waals surface area (Å²) in [5.41, 5.74) is 6.39. The third-order valence-electron chi connectivity index (χ3n) is 6.00. The van der Waals surface area contributed by atoms with Crippen molar-refractivity contribution in [2.45, 2.75) is 27.7 Å². The number of amidine groups is 2. The number of hydrogen-bond donors (Lipinski definition) is 1. The van der Waals surface area contributed by atoms with E-state index in [1.807, 2.05) is 51.1 Å². The average Bonchev–Trinajstić information content (AvgIpc) is 3.36. The number of hydrogen-bond acceptors (Lipinski definition) is 5. The van der Waals surface area contributed by atoms with Crippen LogP contribution < -0.4 is 4.74 Å². The predicted octanol–water partition coefficient (Wildman–Crippen LogP) is 5.41. The molecule has 7 nitrogen and oxygen atoms in total. The van der Waals surface area contributed by atoms with E-state index in [1.165, 1.54) is 22.3 Å². The third kappa shape index (κ3) is 4.33. The first-order valence-corrected chi connectivity index (χ1v) is 12.1. The topological polar surface area (TPSA) is 83.0 Å². The molecule has 0 radical (unpaired) electrons. The van der Waals surface area contributed by atoms with Gasteiger partial charge < -0.3 is 9.30 Å². The second kappa shape index (κ2) is 9.03. The van der Waals surface area contributed by atoms with Gasteiger partial charge >= 0.3 is 0 Å². The monoisotopic (exact) mass is 483 g/mol. The van der Waals surface area contributed by atoms with Crippen molar-refractivity contribution in [1.29, 1.82) is 5.41 Å². The first-order chi connectivity index (χ1) is 16.8. The fraction of sp³-hybridized carbons (Fsp3) is 0.185. The summed E-state index contributed by atoms with van der Waals surface area (Å²) in [7, 11) is 0. The highest BCUT2D eigenvalue weighted by Crippen LogP contribution is 2.30. The van der Waals surface area contributed by atoms with Gasteiger partial charge in [-0.05, 0) is 80.9 Å². The van der Waals surface area contributed by atoms with E-state index in [0.29, 0.717) is 10.2 Å². The molecular formula is C27H25N5O2S. The molecule has 0 spiro atoms. The Morgan fingerprint density at radius 1 is 1.06 bits per heavy atom. The van der Waals surface area contributed by atoms with Crippen LogP contribution in [0.25, 0.3) is 11.8 Å². The minimum Gasteiger partial charge on any atom is -0.486 e. The van der Waals surface area contributed by atoms with E-state index in [2.05, 4.69) is 45.9 Å². The van der Waals surface area contributed by atoms with E-state index in [0.717, 1.165) is 34.0 Å². The van der Waals surface area contributed by atoms with Crippen LogP contribution >= 0.6 is 11.8 Å². The number of aromatic nitrogens is 1. The van der Waals surface area contributed by atoms with Gasteiger partial charge in [0, 0.05) is 17.1 Å². The van der Waals surface area contributed by atoms with Gasteiger partial charge in [0.15, 0.2) is 5.84 Å². The number of thioether (sulfide) groups is 1. The van der Waals surface area contributed by atoms with Gasteiger partial charge in [-0.15, -0.1) is 0 Å². The van der Waals surface area contributed by atoms with Crippen LogP contribution in [0.3, 0.4) is 0 Å². The number of rotatable bonds is 5. The number of amides is 1. The number of para-hydroxylation sites is 1. The number of carbonyl (C=O) groups is 1. The fourth-order valence-corrected chi connectivity index (χ4v) is 4.93. The highest BCUT2D eigenvalue weighted by atomic mass is 32.2. The lowest BCUT2D eigenvalue weighted by atomic mass is 10.1. The third-order valence-corrected chi connectivity index (χ3v) is 6.89. The van der Waals surface area contributed by atoms with Gasteiger partial charge in [0.25, 0.3) is 5.91 Å². The average molecular weight is 484 g/mol. The zero-order valence-corrected chi connectivity index (χ0v) is 20.8. The lowest BCUT2D eigenvalue weighted by molar-refractivity contribution is -0.114. The molecule has 176 valence electrons. The highest BCUT2D eigenvalue weighted by molar-refractivity contribution is 8.27. The molecule has 0 saturated carbocycles. The smallest absolute Gasteiger partial charge is 0.283 e. The van der Waals surface area contributed by atoms with Gasteiger partial charge in [0.05, 0.1) is 5.57 Å². The summed E-state index contributed by atoms with van der Waals surface area (Å²) >= 11 is 1.25. The van der Waals surface area contributed by atoms with Gasteiger partial charge in [-0.1, -0.05) is 35.9 Å². The molecule has 3 heterocycles. The van der Waals surface area contributed by atoms with Gasteiger partial charge in [-0.25, -0.2) is 0 Å². The summed E-state index contributed by atoms with van der Waals surface area (Å²) in [6, 6.07) is 18.1.